The van der Waals surface area contributed by atoms with E-state index in [1.54, 1.807) is 7.11 Å². The molecule has 4 nitrogen and oxygen atoms in total. The molecule has 0 aromatic carbocycles. The average Bonchev–Trinajstić information content (AvgIpc) is 2.02. The van der Waals surface area contributed by atoms with Gasteiger partial charge in [-0.15, -0.1) is 0 Å². The second-order valence-corrected chi connectivity index (χ2v) is 2.30. The smallest absolute Gasteiger partial charge is 0.302 e. The third-order valence-corrected chi connectivity index (χ3v) is 1.17. The monoisotopic (exact) mass is 176 g/mol. The molecule has 0 saturated heterocycles. The van der Waals surface area contributed by atoms with E-state index in [1.807, 2.05) is 0 Å². The highest BCUT2D eigenvalue weighted by atomic mass is 16.6. The molecule has 0 unspecified atom stereocenters. The highest BCUT2D eigenvalue weighted by Crippen LogP contribution is 1.84. The normalized spacial score (nSPS) is 9.83. The molecule has 12 heavy (non-hydrogen) atoms. The Morgan fingerprint density at radius 3 is 2.50 bits per heavy atom. The molecule has 0 fully saturated rings. The van der Waals surface area contributed by atoms with E-state index < -0.39 is 0 Å². The number of hydrogen-bond donors (Lipinski definition) is 0. The molecule has 0 heterocycles. The van der Waals surface area contributed by atoms with Gasteiger partial charge < -0.3 is 14.2 Å². The highest BCUT2D eigenvalue weighted by molar-refractivity contribution is 5.65. The summed E-state index contributed by atoms with van der Waals surface area (Å²) in [5.41, 5.74) is 0. The third-order valence-electron chi connectivity index (χ3n) is 1.17. The molecule has 0 aliphatic carbocycles. The van der Waals surface area contributed by atoms with Crippen LogP contribution in [0.4, 0.5) is 0 Å². The van der Waals surface area contributed by atoms with Crippen LogP contribution in [0.15, 0.2) is 0 Å². The van der Waals surface area contributed by atoms with Gasteiger partial charge in [0, 0.05) is 27.2 Å². The summed E-state index contributed by atoms with van der Waals surface area (Å²) in [5, 5.41) is 0. The van der Waals surface area contributed by atoms with Gasteiger partial charge >= 0.3 is 5.97 Å². The molecule has 0 rings (SSSR count). The standard InChI is InChI=1S/C8H16O4/c1-8(9)12-7-6-11-5-3-4-10-2/h3-7H2,1-2H3. The van der Waals surface area contributed by atoms with Crippen LogP contribution in [0.3, 0.4) is 0 Å². The number of carbonyl (C=O) groups is 1. The van der Waals surface area contributed by atoms with Crippen LogP contribution in [-0.2, 0) is 19.0 Å². The third kappa shape index (κ3) is 9.39. The van der Waals surface area contributed by atoms with Gasteiger partial charge in [0.25, 0.3) is 0 Å². The molecule has 0 aliphatic rings. The molecular weight excluding hydrogens is 160 g/mol. The highest BCUT2D eigenvalue weighted by Gasteiger charge is 1.92. The van der Waals surface area contributed by atoms with Gasteiger partial charge in [0.15, 0.2) is 0 Å². The predicted octanol–water partition coefficient (Wildman–Crippen LogP) is 0.603. The largest absolute Gasteiger partial charge is 0.463 e. The zero-order valence-electron chi connectivity index (χ0n) is 7.67. The van der Waals surface area contributed by atoms with E-state index in [9.17, 15) is 4.79 Å². The number of ether oxygens (including phenoxy) is 3. The van der Waals surface area contributed by atoms with Gasteiger partial charge in [-0.2, -0.15) is 0 Å². The van der Waals surface area contributed by atoms with Crippen LogP contribution in [0, 0.1) is 0 Å². The maximum Gasteiger partial charge on any atom is 0.302 e. The summed E-state index contributed by atoms with van der Waals surface area (Å²) in [4.78, 5) is 10.3. The van der Waals surface area contributed by atoms with Crippen molar-refractivity contribution >= 4 is 5.97 Å². The Balaban J connectivity index is 2.86. The van der Waals surface area contributed by atoms with E-state index in [0.717, 1.165) is 6.42 Å². The van der Waals surface area contributed by atoms with Gasteiger partial charge in [0.1, 0.15) is 6.61 Å². The number of hydrogen-bond acceptors (Lipinski definition) is 4. The van der Waals surface area contributed by atoms with Crippen molar-refractivity contribution < 1.29 is 19.0 Å². The second-order valence-electron chi connectivity index (χ2n) is 2.30. The Morgan fingerprint density at radius 1 is 1.17 bits per heavy atom. The fourth-order valence-corrected chi connectivity index (χ4v) is 0.652. The maximum absolute atomic E-state index is 10.3. The molecule has 72 valence electrons. The van der Waals surface area contributed by atoms with Crippen molar-refractivity contribution in [2.45, 2.75) is 13.3 Å². The Labute approximate surface area is 72.8 Å². The fraction of sp³-hybridized carbons (Fsp3) is 0.875. The minimum atomic E-state index is -0.268. The Bertz CT molecular complexity index is 114. The van der Waals surface area contributed by atoms with E-state index in [1.165, 1.54) is 6.92 Å². The summed E-state index contributed by atoms with van der Waals surface area (Å²) in [6.45, 7) is 3.53. The summed E-state index contributed by atoms with van der Waals surface area (Å²) in [7, 11) is 1.65. The van der Waals surface area contributed by atoms with Crippen molar-refractivity contribution in [1.82, 2.24) is 0 Å². The SMILES string of the molecule is COCCCOCCOC(C)=O. The first-order valence-corrected chi connectivity index (χ1v) is 3.97. The van der Waals surface area contributed by atoms with Gasteiger partial charge in [-0.25, -0.2) is 0 Å². The van der Waals surface area contributed by atoms with Crippen molar-refractivity contribution in [2.24, 2.45) is 0 Å². The molecular formula is C8H16O4. The first-order chi connectivity index (χ1) is 5.77. The van der Waals surface area contributed by atoms with E-state index in [4.69, 9.17) is 9.47 Å². The minimum absolute atomic E-state index is 0.268. The summed E-state index contributed by atoms with van der Waals surface area (Å²) < 4.78 is 14.6. The second kappa shape index (κ2) is 8.49. The van der Waals surface area contributed by atoms with Crippen LogP contribution in [0.5, 0.6) is 0 Å². The first kappa shape index (κ1) is 11.4. The van der Waals surface area contributed by atoms with Crippen LogP contribution in [0.25, 0.3) is 0 Å². The fourth-order valence-electron chi connectivity index (χ4n) is 0.652. The molecule has 0 atom stereocenters. The molecule has 0 bridgehead atoms. The molecule has 0 spiro atoms. The van der Waals surface area contributed by atoms with Crippen LogP contribution >= 0.6 is 0 Å². The van der Waals surface area contributed by atoms with Gasteiger partial charge in [0.05, 0.1) is 6.61 Å². The quantitative estimate of drug-likeness (QED) is 0.421. The lowest BCUT2D eigenvalue weighted by molar-refractivity contribution is -0.142. The Morgan fingerprint density at radius 2 is 1.92 bits per heavy atom. The molecule has 0 radical (unpaired) electrons. The van der Waals surface area contributed by atoms with E-state index in [0.29, 0.717) is 26.4 Å². The summed E-state index contributed by atoms with van der Waals surface area (Å²) >= 11 is 0. The maximum atomic E-state index is 10.3. The molecule has 0 aliphatic heterocycles. The van der Waals surface area contributed by atoms with Crippen molar-refractivity contribution in [3.8, 4) is 0 Å². The number of methoxy groups -OCH3 is 1. The van der Waals surface area contributed by atoms with Gasteiger partial charge in [0.2, 0.25) is 0 Å². The zero-order valence-corrected chi connectivity index (χ0v) is 7.67. The van der Waals surface area contributed by atoms with E-state index >= 15 is 0 Å². The zero-order chi connectivity index (χ0) is 9.23. The average molecular weight is 176 g/mol. The van der Waals surface area contributed by atoms with Crippen molar-refractivity contribution in [3.05, 3.63) is 0 Å². The van der Waals surface area contributed by atoms with Crippen LogP contribution < -0.4 is 0 Å². The Kier molecular flexibility index (Phi) is 8.05. The van der Waals surface area contributed by atoms with Crippen molar-refractivity contribution in [1.29, 1.82) is 0 Å². The topological polar surface area (TPSA) is 44.8 Å². The lowest BCUT2D eigenvalue weighted by Gasteiger charge is -2.03. The predicted molar refractivity (Wildman–Crippen MR) is 43.9 cm³/mol. The van der Waals surface area contributed by atoms with Crippen LogP contribution in [0.2, 0.25) is 0 Å². The van der Waals surface area contributed by atoms with Crippen molar-refractivity contribution in [3.63, 3.8) is 0 Å². The minimum Gasteiger partial charge on any atom is -0.463 e. The molecule has 0 saturated carbocycles. The number of esters is 1. The lowest BCUT2D eigenvalue weighted by Crippen LogP contribution is -2.08. The molecule has 4 heteroatoms. The molecule has 0 amide bonds. The van der Waals surface area contributed by atoms with Crippen molar-refractivity contribution in [2.75, 3.05) is 33.5 Å². The van der Waals surface area contributed by atoms with E-state index in [2.05, 4.69) is 4.74 Å². The first-order valence-electron chi connectivity index (χ1n) is 3.97. The molecule has 0 N–H and O–H groups in total. The number of rotatable bonds is 7. The lowest BCUT2D eigenvalue weighted by atomic mass is 10.5. The van der Waals surface area contributed by atoms with Gasteiger partial charge in [-0.05, 0) is 6.42 Å². The van der Waals surface area contributed by atoms with Crippen LogP contribution in [-0.4, -0.2) is 39.5 Å². The molecule has 0 aromatic heterocycles. The van der Waals surface area contributed by atoms with Gasteiger partial charge in [-0.1, -0.05) is 0 Å². The van der Waals surface area contributed by atoms with Gasteiger partial charge in [-0.3, -0.25) is 4.79 Å². The summed E-state index contributed by atoms with van der Waals surface area (Å²) in [6.07, 6.45) is 0.872. The Hall–Kier alpha value is -0.610. The summed E-state index contributed by atoms with van der Waals surface area (Å²) in [6, 6.07) is 0. The number of carbonyl (C=O) groups excluding carboxylic acids is 1. The summed E-state index contributed by atoms with van der Waals surface area (Å²) in [5.74, 6) is -0.268. The van der Waals surface area contributed by atoms with Crippen LogP contribution in [0.1, 0.15) is 13.3 Å². The molecule has 0 aromatic rings. The van der Waals surface area contributed by atoms with E-state index in [-0.39, 0.29) is 5.97 Å².